The van der Waals surface area contributed by atoms with Crippen molar-refractivity contribution < 1.29 is 19.1 Å². The molecule has 8 heteroatoms. The number of esters is 1. The van der Waals surface area contributed by atoms with Gasteiger partial charge in [0.05, 0.1) is 6.42 Å². The number of nitrogens with one attached hydrogen (secondary N) is 2. The Labute approximate surface area is 300 Å². The Bertz CT molecular complexity index is 881. The van der Waals surface area contributed by atoms with Crippen molar-refractivity contribution in [2.75, 3.05) is 44.8 Å². The van der Waals surface area contributed by atoms with Crippen molar-refractivity contribution in [3.8, 4) is 11.8 Å². The van der Waals surface area contributed by atoms with Crippen molar-refractivity contribution >= 4 is 29.5 Å². The Morgan fingerprint density at radius 3 is 1.98 bits per heavy atom. The van der Waals surface area contributed by atoms with Gasteiger partial charge in [0.2, 0.25) is 11.8 Å². The van der Waals surface area contributed by atoms with Gasteiger partial charge in [-0.1, -0.05) is 123 Å². The lowest BCUT2D eigenvalue weighted by molar-refractivity contribution is -0.141. The Kier molecular flexibility index (Phi) is 28.9. The highest BCUT2D eigenvalue weighted by molar-refractivity contribution is 7.99. The molecule has 278 valence electrons. The second kappa shape index (κ2) is 31.3. The largest absolute Gasteiger partial charge is 0.452 e. The number of amides is 2. The fraction of sp³-hybridized carbons (Fsp3) is 0.875. The van der Waals surface area contributed by atoms with Gasteiger partial charge >= 0.3 is 5.97 Å². The summed E-state index contributed by atoms with van der Waals surface area (Å²) >= 11 is 1.63. The Morgan fingerprint density at radius 1 is 0.750 bits per heavy atom. The van der Waals surface area contributed by atoms with Crippen LogP contribution in [-0.4, -0.2) is 73.5 Å². The molecular weight excluding hydrogens is 619 g/mol. The first-order chi connectivity index (χ1) is 23.4. The molecule has 2 amide bonds. The number of unbranched alkanes of at least 4 members (excludes halogenated alkanes) is 13. The first-order valence-electron chi connectivity index (χ1n) is 19.9. The van der Waals surface area contributed by atoms with Gasteiger partial charge < -0.3 is 20.3 Å². The van der Waals surface area contributed by atoms with E-state index in [2.05, 4.69) is 55.2 Å². The molecule has 1 aliphatic heterocycles. The molecule has 2 N–H and O–H groups in total. The quantitative estimate of drug-likeness (QED) is 0.0464. The van der Waals surface area contributed by atoms with Gasteiger partial charge in [0.1, 0.15) is 6.04 Å². The summed E-state index contributed by atoms with van der Waals surface area (Å²) in [5, 5.41) is 6.38. The zero-order chi connectivity index (χ0) is 35.1. The number of carbonyl (C=O) groups excluding carboxylic acids is 3. The molecule has 2 atom stereocenters. The number of nitrogens with zero attached hydrogens (tertiary/aromatic N) is 1. The lowest BCUT2D eigenvalue weighted by Crippen LogP contribution is -2.50. The zero-order valence-electron chi connectivity index (χ0n) is 31.5. The summed E-state index contributed by atoms with van der Waals surface area (Å²) < 4.78 is 5.29. The monoisotopic (exact) mass is 692 g/mol. The van der Waals surface area contributed by atoms with Crippen LogP contribution in [0.25, 0.3) is 0 Å². The summed E-state index contributed by atoms with van der Waals surface area (Å²) in [7, 11) is 2.15. The van der Waals surface area contributed by atoms with E-state index in [1.165, 1.54) is 70.6 Å². The van der Waals surface area contributed by atoms with Crippen LogP contribution in [0.2, 0.25) is 0 Å². The molecule has 0 aromatic carbocycles. The van der Waals surface area contributed by atoms with Crippen LogP contribution in [0.3, 0.4) is 0 Å². The molecule has 0 aliphatic carbocycles. The van der Waals surface area contributed by atoms with E-state index in [9.17, 15) is 14.4 Å². The van der Waals surface area contributed by atoms with Crippen molar-refractivity contribution in [3.63, 3.8) is 0 Å². The Morgan fingerprint density at radius 2 is 1.33 bits per heavy atom. The molecule has 0 saturated carbocycles. The summed E-state index contributed by atoms with van der Waals surface area (Å²) in [5.41, 5.74) is 0. The smallest absolute Gasteiger partial charge is 0.307 e. The maximum Gasteiger partial charge on any atom is 0.307 e. The van der Waals surface area contributed by atoms with Gasteiger partial charge in [-0.15, -0.1) is 0 Å². The third-order valence-electron chi connectivity index (χ3n) is 9.56. The first-order valence-corrected chi connectivity index (χ1v) is 21.0. The maximum absolute atomic E-state index is 13.7. The van der Waals surface area contributed by atoms with Crippen LogP contribution in [0.15, 0.2) is 0 Å². The number of hydrogen-bond donors (Lipinski definition) is 2. The predicted molar refractivity (Wildman–Crippen MR) is 204 cm³/mol. The normalized spacial score (nSPS) is 14.9. The Balaban J connectivity index is 2.61. The van der Waals surface area contributed by atoms with Crippen molar-refractivity contribution in [2.45, 2.75) is 168 Å². The van der Waals surface area contributed by atoms with E-state index in [0.717, 1.165) is 70.9 Å². The summed E-state index contributed by atoms with van der Waals surface area (Å²) in [6.45, 7) is 9.60. The van der Waals surface area contributed by atoms with Crippen LogP contribution in [0.1, 0.15) is 162 Å². The van der Waals surface area contributed by atoms with E-state index >= 15 is 0 Å². The lowest BCUT2D eigenvalue weighted by atomic mass is 9.93. The number of likely N-dealkylation sites (tertiary alicyclic amines) is 1. The number of ether oxygens (including phenoxy) is 1. The van der Waals surface area contributed by atoms with Crippen molar-refractivity contribution in [1.29, 1.82) is 0 Å². The van der Waals surface area contributed by atoms with Crippen LogP contribution in [0.5, 0.6) is 0 Å². The third-order valence-corrected chi connectivity index (χ3v) is 10.6. The maximum atomic E-state index is 13.7. The van der Waals surface area contributed by atoms with Gasteiger partial charge in [0.25, 0.3) is 0 Å². The van der Waals surface area contributed by atoms with Gasteiger partial charge in [-0.05, 0) is 70.3 Å². The first kappa shape index (κ1) is 44.3. The standard InChI is InChI=1S/C40H73N3O4S/c1-5-8-11-14-16-17-19-22-31-47-38(44)28-33-48-32-27-37(40(46)41-34-35-25-29-43(4)30-26-35)42-39(45)36(23-20-13-10-7-3)24-21-18-15-12-9-6-2/h35-37H,5-18,20-21,23-34H2,1-4H3,(H,41,46)(H,42,45). The number of carbonyl (C=O) groups is 3. The molecule has 7 nitrogen and oxygen atoms in total. The minimum Gasteiger partial charge on any atom is -0.452 e. The van der Waals surface area contributed by atoms with Crippen LogP contribution in [-0.2, 0) is 19.1 Å². The zero-order valence-corrected chi connectivity index (χ0v) is 32.3. The fourth-order valence-electron chi connectivity index (χ4n) is 6.19. The van der Waals surface area contributed by atoms with Crippen molar-refractivity contribution in [2.24, 2.45) is 11.8 Å². The molecule has 0 bridgehead atoms. The van der Waals surface area contributed by atoms with Crippen LogP contribution in [0.4, 0.5) is 0 Å². The SMILES string of the molecule is CCCCCCCC#CCOC(=O)CCSCCC(NC(=O)C(CCCCCC)CCCCCCCC)C(=O)NCC1CCN(C)CC1. The van der Waals surface area contributed by atoms with E-state index in [-0.39, 0.29) is 30.3 Å². The van der Waals surface area contributed by atoms with Gasteiger partial charge in [-0.3, -0.25) is 14.4 Å². The minimum atomic E-state index is -0.553. The number of thioether (sulfide) groups is 1. The molecule has 2 unspecified atom stereocenters. The third kappa shape index (κ3) is 24.4. The summed E-state index contributed by atoms with van der Waals surface area (Å²) in [4.78, 5) is 41.7. The summed E-state index contributed by atoms with van der Waals surface area (Å²) in [5.74, 6) is 7.55. The van der Waals surface area contributed by atoms with Gasteiger partial charge in [0, 0.05) is 24.6 Å². The molecule has 48 heavy (non-hydrogen) atoms. The second-order valence-electron chi connectivity index (χ2n) is 14.0. The van der Waals surface area contributed by atoms with Crippen LogP contribution in [0, 0.1) is 23.7 Å². The van der Waals surface area contributed by atoms with E-state index in [4.69, 9.17) is 4.74 Å². The van der Waals surface area contributed by atoms with Crippen molar-refractivity contribution in [1.82, 2.24) is 15.5 Å². The molecule has 0 aromatic heterocycles. The van der Waals surface area contributed by atoms with Gasteiger partial charge in [-0.25, -0.2) is 0 Å². The van der Waals surface area contributed by atoms with Crippen molar-refractivity contribution in [3.05, 3.63) is 0 Å². The molecule has 0 spiro atoms. The fourth-order valence-corrected chi connectivity index (χ4v) is 7.11. The van der Waals surface area contributed by atoms with Gasteiger partial charge in [-0.2, -0.15) is 11.8 Å². The second-order valence-corrected chi connectivity index (χ2v) is 15.2. The molecule has 1 saturated heterocycles. The molecular formula is C40H73N3O4S. The highest BCUT2D eigenvalue weighted by Crippen LogP contribution is 2.20. The van der Waals surface area contributed by atoms with E-state index in [1.807, 2.05) is 0 Å². The topological polar surface area (TPSA) is 87.7 Å². The number of piperidine rings is 1. The van der Waals surface area contributed by atoms with Crippen LogP contribution < -0.4 is 10.6 Å². The number of hydrogen-bond acceptors (Lipinski definition) is 6. The molecule has 0 radical (unpaired) electrons. The molecule has 1 rings (SSSR count). The minimum absolute atomic E-state index is 0.0372. The lowest BCUT2D eigenvalue weighted by Gasteiger charge is -2.29. The summed E-state index contributed by atoms with van der Waals surface area (Å²) in [6, 6.07) is -0.553. The van der Waals surface area contributed by atoms with E-state index < -0.39 is 6.04 Å². The average molecular weight is 692 g/mol. The predicted octanol–water partition coefficient (Wildman–Crippen LogP) is 8.69. The van der Waals surface area contributed by atoms with Crippen LogP contribution >= 0.6 is 11.8 Å². The molecule has 1 heterocycles. The number of rotatable bonds is 29. The van der Waals surface area contributed by atoms with E-state index in [0.29, 0.717) is 36.8 Å². The molecule has 1 aliphatic rings. The highest BCUT2D eigenvalue weighted by Gasteiger charge is 2.26. The molecule has 0 aromatic rings. The molecule has 1 fully saturated rings. The average Bonchev–Trinajstić information content (AvgIpc) is 3.08. The Hall–Kier alpha value is -1.72. The highest BCUT2D eigenvalue weighted by atomic mass is 32.2. The van der Waals surface area contributed by atoms with Gasteiger partial charge in [0.15, 0.2) is 6.61 Å². The van der Waals surface area contributed by atoms with E-state index in [1.54, 1.807) is 11.8 Å². The summed E-state index contributed by atoms with van der Waals surface area (Å²) in [6.07, 6.45) is 23.6.